The molecule has 3 saturated heterocycles. The van der Waals surface area contributed by atoms with Crippen LogP contribution in [-0.2, 0) is 33.3 Å². The quantitative estimate of drug-likeness (QED) is 0.0739. The van der Waals surface area contributed by atoms with Gasteiger partial charge in [-0.3, -0.25) is 19.8 Å². The number of carbonyl (C=O) groups excluding carboxylic acids is 3. The number of hydrogen-bond donors (Lipinski definition) is 3. The third-order valence-corrected chi connectivity index (χ3v) is 7.33. The maximum atomic E-state index is 12.3. The summed E-state index contributed by atoms with van der Waals surface area (Å²) in [6.45, 7) is 9.90. The van der Waals surface area contributed by atoms with Crippen molar-refractivity contribution in [1.29, 1.82) is 0 Å². The number of rotatable bonds is 10. The topological polar surface area (TPSA) is 142 Å². The number of ether oxygens (including phenoxy) is 4. The van der Waals surface area contributed by atoms with Gasteiger partial charge >= 0.3 is 5.97 Å². The molecule has 3 aliphatic heterocycles. The zero-order valence-corrected chi connectivity index (χ0v) is 23.1. The van der Waals surface area contributed by atoms with E-state index in [2.05, 4.69) is 29.8 Å². The molecule has 10 nitrogen and oxygen atoms in total. The summed E-state index contributed by atoms with van der Waals surface area (Å²) in [7, 11) is 0. The Bertz CT molecular complexity index is 943. The van der Waals surface area contributed by atoms with Crippen LogP contribution in [0.25, 0.3) is 0 Å². The molecular weight excluding hydrogens is 490 g/mol. The number of esters is 1. The van der Waals surface area contributed by atoms with E-state index in [0.29, 0.717) is 13.0 Å². The molecule has 0 saturated carbocycles. The van der Waals surface area contributed by atoms with Gasteiger partial charge in [0.1, 0.15) is 6.10 Å². The summed E-state index contributed by atoms with van der Waals surface area (Å²) < 4.78 is 23.1. The van der Waals surface area contributed by atoms with Crippen LogP contribution in [0.1, 0.15) is 66.7 Å². The van der Waals surface area contributed by atoms with Gasteiger partial charge in [-0.25, -0.2) is 5.84 Å². The standard InChI is InChI=1S/C28H43N3O7/c1-17(6-9-22-14-28(16-35-28)15-23(38-22)13-27(34)31-29)7-10-25-18(2)12-24(20(4)37-25)30-26(33)11-8-19(3)36-21(5)32/h6-9,11,18-20,22-25H,10,12-16,29H2,1-5H3,(H,30,33)(H,31,34)/t18-,19?,20+,22+,23+,24+,25-,28+/m0/s1. The minimum atomic E-state index is -0.461. The zero-order valence-electron chi connectivity index (χ0n) is 23.1. The number of nitrogens with one attached hydrogen (secondary N) is 2. The van der Waals surface area contributed by atoms with Gasteiger partial charge in [0.15, 0.2) is 0 Å². The first-order valence-electron chi connectivity index (χ1n) is 13.4. The summed E-state index contributed by atoms with van der Waals surface area (Å²) in [5.41, 5.74) is 3.10. The minimum absolute atomic E-state index is 0.0502. The predicted molar refractivity (Wildman–Crippen MR) is 141 cm³/mol. The zero-order chi connectivity index (χ0) is 27.9. The molecule has 0 aromatic carbocycles. The fraction of sp³-hybridized carbons (Fsp3) is 0.679. The van der Waals surface area contributed by atoms with Crippen LogP contribution in [0.2, 0.25) is 0 Å². The lowest BCUT2D eigenvalue weighted by molar-refractivity contribution is -0.143. The van der Waals surface area contributed by atoms with Gasteiger partial charge in [-0.1, -0.05) is 30.7 Å². The molecule has 0 radical (unpaired) electrons. The Morgan fingerprint density at radius 2 is 1.89 bits per heavy atom. The molecule has 1 unspecified atom stereocenters. The molecule has 212 valence electrons. The molecule has 0 aliphatic carbocycles. The highest BCUT2D eigenvalue weighted by atomic mass is 16.6. The number of hydrazine groups is 1. The van der Waals surface area contributed by atoms with E-state index in [4.69, 9.17) is 24.8 Å². The van der Waals surface area contributed by atoms with Crippen LogP contribution in [0.4, 0.5) is 0 Å². The fourth-order valence-electron chi connectivity index (χ4n) is 5.14. The van der Waals surface area contributed by atoms with Crippen LogP contribution in [0.5, 0.6) is 0 Å². The number of hydrogen-bond acceptors (Lipinski definition) is 8. The number of nitrogens with two attached hydrogens (primary N) is 1. The average molecular weight is 534 g/mol. The molecule has 2 amide bonds. The van der Waals surface area contributed by atoms with Crippen molar-refractivity contribution in [3.8, 4) is 0 Å². The smallest absolute Gasteiger partial charge is 0.303 e. The molecule has 3 aliphatic rings. The van der Waals surface area contributed by atoms with E-state index in [-0.39, 0.29) is 66.2 Å². The van der Waals surface area contributed by atoms with Crippen molar-refractivity contribution in [2.24, 2.45) is 11.8 Å². The Kier molecular flexibility index (Phi) is 10.7. The summed E-state index contributed by atoms with van der Waals surface area (Å²) >= 11 is 0. The summed E-state index contributed by atoms with van der Waals surface area (Å²) in [5, 5.41) is 3.01. The molecule has 0 aromatic rings. The monoisotopic (exact) mass is 533 g/mol. The van der Waals surface area contributed by atoms with Gasteiger partial charge in [0.2, 0.25) is 11.8 Å². The first-order chi connectivity index (χ1) is 18.0. The van der Waals surface area contributed by atoms with Crippen molar-refractivity contribution in [2.75, 3.05) is 6.61 Å². The third-order valence-electron chi connectivity index (χ3n) is 7.33. The number of carbonyl (C=O) groups is 3. The Hall–Kier alpha value is -2.53. The van der Waals surface area contributed by atoms with E-state index in [1.807, 2.05) is 19.9 Å². The van der Waals surface area contributed by atoms with Crippen molar-refractivity contribution in [1.82, 2.24) is 10.7 Å². The molecule has 3 rings (SSSR count). The summed E-state index contributed by atoms with van der Waals surface area (Å²) in [5.74, 6) is 4.63. The van der Waals surface area contributed by atoms with E-state index >= 15 is 0 Å². The van der Waals surface area contributed by atoms with Crippen molar-refractivity contribution in [3.05, 3.63) is 36.0 Å². The lowest BCUT2D eigenvalue weighted by Gasteiger charge is -2.39. The Labute approximate surface area is 225 Å². The Morgan fingerprint density at radius 1 is 1.16 bits per heavy atom. The maximum absolute atomic E-state index is 12.3. The van der Waals surface area contributed by atoms with Gasteiger partial charge in [0.05, 0.1) is 49.1 Å². The number of amides is 2. The average Bonchev–Trinajstić information content (AvgIpc) is 3.59. The van der Waals surface area contributed by atoms with E-state index in [9.17, 15) is 14.4 Å². The molecule has 8 atom stereocenters. The normalized spacial score (nSPS) is 34.3. The first-order valence-corrected chi connectivity index (χ1v) is 13.4. The van der Waals surface area contributed by atoms with Crippen LogP contribution in [0.15, 0.2) is 36.0 Å². The van der Waals surface area contributed by atoms with E-state index in [1.165, 1.54) is 13.0 Å². The Balaban J connectivity index is 1.47. The summed E-state index contributed by atoms with van der Waals surface area (Å²) in [6.07, 6.45) is 11.6. The highest BCUT2D eigenvalue weighted by molar-refractivity contribution is 5.87. The third kappa shape index (κ3) is 9.34. The van der Waals surface area contributed by atoms with Crippen molar-refractivity contribution in [3.63, 3.8) is 0 Å². The molecule has 10 heteroatoms. The van der Waals surface area contributed by atoms with E-state index in [1.54, 1.807) is 13.0 Å². The summed E-state index contributed by atoms with van der Waals surface area (Å²) in [4.78, 5) is 35.0. The SMILES string of the molecule is CC(=O)OC(C)C=CC(=O)N[C@@H]1C[C@H](C)[C@H](CC=C(C)C=C[C@@H]2C[C@]3(CO3)C[C@@H](CC(=O)NN)O2)O[C@@H]1C. The number of epoxide rings is 1. The molecule has 0 aromatic heterocycles. The minimum Gasteiger partial charge on any atom is -0.459 e. The van der Waals surface area contributed by atoms with Crippen LogP contribution in [-0.4, -0.2) is 66.6 Å². The highest BCUT2D eigenvalue weighted by Gasteiger charge is 2.51. The summed E-state index contributed by atoms with van der Waals surface area (Å²) in [6, 6.07) is -0.0953. The van der Waals surface area contributed by atoms with E-state index in [0.717, 1.165) is 24.8 Å². The highest BCUT2D eigenvalue weighted by Crippen LogP contribution is 2.43. The second kappa shape index (κ2) is 13.5. The molecule has 3 heterocycles. The molecule has 3 fully saturated rings. The molecule has 0 bridgehead atoms. The second-order valence-electron chi connectivity index (χ2n) is 10.9. The van der Waals surface area contributed by atoms with Crippen molar-refractivity contribution in [2.45, 2.75) is 109 Å². The molecule has 4 N–H and O–H groups in total. The van der Waals surface area contributed by atoms with Crippen LogP contribution >= 0.6 is 0 Å². The maximum Gasteiger partial charge on any atom is 0.303 e. The fourth-order valence-corrected chi connectivity index (χ4v) is 5.14. The molecule has 1 spiro atoms. The van der Waals surface area contributed by atoms with Crippen LogP contribution in [0, 0.1) is 5.92 Å². The van der Waals surface area contributed by atoms with Gasteiger partial charge in [0.25, 0.3) is 0 Å². The van der Waals surface area contributed by atoms with Crippen LogP contribution in [0.3, 0.4) is 0 Å². The first kappa shape index (κ1) is 30.0. The van der Waals surface area contributed by atoms with Crippen LogP contribution < -0.4 is 16.6 Å². The van der Waals surface area contributed by atoms with Gasteiger partial charge in [-0.15, -0.1) is 0 Å². The largest absolute Gasteiger partial charge is 0.459 e. The molecule has 38 heavy (non-hydrogen) atoms. The lowest BCUT2D eigenvalue weighted by Crippen LogP contribution is -2.50. The second-order valence-corrected chi connectivity index (χ2v) is 10.9. The van der Waals surface area contributed by atoms with Gasteiger partial charge in [-0.2, -0.15) is 0 Å². The number of allylic oxidation sites excluding steroid dienone is 2. The van der Waals surface area contributed by atoms with Crippen molar-refractivity contribution < 1.29 is 33.3 Å². The van der Waals surface area contributed by atoms with Gasteiger partial charge in [0, 0.05) is 25.8 Å². The van der Waals surface area contributed by atoms with Gasteiger partial charge in [-0.05, 0) is 45.6 Å². The van der Waals surface area contributed by atoms with Gasteiger partial charge < -0.3 is 24.3 Å². The Morgan fingerprint density at radius 3 is 2.55 bits per heavy atom. The van der Waals surface area contributed by atoms with Crippen molar-refractivity contribution >= 4 is 17.8 Å². The predicted octanol–water partition coefficient (Wildman–Crippen LogP) is 2.38. The van der Waals surface area contributed by atoms with E-state index < -0.39 is 6.10 Å². The lowest BCUT2D eigenvalue weighted by atomic mass is 9.88. The molecular formula is C28H43N3O7.